The molecule has 4 heteroatoms. The van der Waals surface area contributed by atoms with E-state index in [0.29, 0.717) is 6.61 Å². The Labute approximate surface area is 181 Å². The van der Waals surface area contributed by atoms with Crippen LogP contribution in [-0.4, -0.2) is 23.7 Å². The highest BCUT2D eigenvalue weighted by molar-refractivity contribution is 5.85. The van der Waals surface area contributed by atoms with Gasteiger partial charge in [0.25, 0.3) is 0 Å². The first-order chi connectivity index (χ1) is 15.3. The van der Waals surface area contributed by atoms with E-state index in [1.807, 2.05) is 0 Å². The van der Waals surface area contributed by atoms with Gasteiger partial charge in [-0.3, -0.25) is 0 Å². The minimum atomic E-state index is -0.324. The van der Waals surface area contributed by atoms with Crippen molar-refractivity contribution in [2.45, 2.75) is 31.2 Å². The zero-order chi connectivity index (χ0) is 20.8. The fourth-order valence-corrected chi connectivity index (χ4v) is 5.30. The van der Waals surface area contributed by atoms with Gasteiger partial charge in [0.05, 0.1) is 0 Å². The van der Waals surface area contributed by atoms with Crippen molar-refractivity contribution in [2.75, 3.05) is 6.61 Å². The van der Waals surface area contributed by atoms with Gasteiger partial charge >= 0.3 is 6.09 Å². The van der Waals surface area contributed by atoms with Crippen LogP contribution in [0.1, 0.15) is 34.7 Å². The van der Waals surface area contributed by atoms with Crippen LogP contribution in [0.5, 0.6) is 0 Å². The molecule has 154 valence electrons. The zero-order valence-corrected chi connectivity index (χ0v) is 17.2. The normalized spacial score (nSPS) is 17.1. The van der Waals surface area contributed by atoms with Crippen molar-refractivity contribution >= 4 is 17.0 Å². The average Bonchev–Trinajstić information content (AvgIpc) is 3.33. The number of fused-ring (bicyclic) bond motifs is 6. The number of hydrogen-bond donors (Lipinski definition) is 2. The maximum absolute atomic E-state index is 12.7. The second kappa shape index (κ2) is 7.31. The molecule has 4 aromatic rings. The third-order valence-electron chi connectivity index (χ3n) is 6.76. The van der Waals surface area contributed by atoms with Gasteiger partial charge in [-0.15, -0.1) is 0 Å². The fraction of sp³-hybridized carbons (Fsp3) is 0.222. The number of nitrogens with one attached hydrogen (secondary N) is 2. The summed E-state index contributed by atoms with van der Waals surface area (Å²) in [6.45, 7) is 0.352. The van der Waals surface area contributed by atoms with Crippen LogP contribution >= 0.6 is 0 Å². The van der Waals surface area contributed by atoms with Crippen LogP contribution in [-0.2, 0) is 17.6 Å². The molecular weight excluding hydrogens is 384 g/mol. The molecule has 0 aliphatic heterocycles. The summed E-state index contributed by atoms with van der Waals surface area (Å²) >= 11 is 0. The van der Waals surface area contributed by atoms with Crippen LogP contribution in [0.4, 0.5) is 4.79 Å². The van der Waals surface area contributed by atoms with Gasteiger partial charge in [-0.1, -0.05) is 66.7 Å². The molecule has 1 heterocycles. The number of carbonyl (C=O) groups excluding carboxylic acids is 1. The molecule has 31 heavy (non-hydrogen) atoms. The van der Waals surface area contributed by atoms with E-state index in [9.17, 15) is 4.79 Å². The van der Waals surface area contributed by atoms with E-state index in [1.54, 1.807) is 0 Å². The van der Waals surface area contributed by atoms with Crippen molar-refractivity contribution < 1.29 is 9.53 Å². The largest absolute Gasteiger partial charge is 0.449 e. The molecule has 2 N–H and O–H groups in total. The van der Waals surface area contributed by atoms with Gasteiger partial charge in [0.2, 0.25) is 0 Å². The van der Waals surface area contributed by atoms with E-state index in [1.165, 1.54) is 44.4 Å². The number of ether oxygens (including phenoxy) is 1. The summed E-state index contributed by atoms with van der Waals surface area (Å²) < 4.78 is 5.74. The smallest absolute Gasteiger partial charge is 0.407 e. The third-order valence-corrected chi connectivity index (χ3v) is 6.76. The Morgan fingerprint density at radius 1 is 0.935 bits per heavy atom. The van der Waals surface area contributed by atoms with Crippen LogP contribution in [0.25, 0.3) is 22.0 Å². The highest BCUT2D eigenvalue weighted by Crippen LogP contribution is 2.44. The minimum absolute atomic E-state index is 0.0877. The highest BCUT2D eigenvalue weighted by atomic mass is 16.5. The van der Waals surface area contributed by atoms with Crippen LogP contribution in [0.3, 0.4) is 0 Å². The maximum atomic E-state index is 12.7. The Balaban J connectivity index is 1.15. The van der Waals surface area contributed by atoms with Crippen LogP contribution in [0.2, 0.25) is 0 Å². The summed E-state index contributed by atoms with van der Waals surface area (Å²) in [5.41, 5.74) is 8.75. The molecule has 0 spiro atoms. The number of rotatable bonds is 3. The van der Waals surface area contributed by atoms with Crippen LogP contribution in [0, 0.1) is 0 Å². The van der Waals surface area contributed by atoms with E-state index in [4.69, 9.17) is 4.74 Å². The number of aromatic amines is 1. The molecule has 2 aliphatic rings. The first-order valence-corrected chi connectivity index (χ1v) is 11.0. The Morgan fingerprint density at radius 3 is 2.39 bits per heavy atom. The zero-order valence-electron chi connectivity index (χ0n) is 17.2. The van der Waals surface area contributed by atoms with Crippen molar-refractivity contribution in [3.63, 3.8) is 0 Å². The SMILES string of the molecule is O=C(N[C@H]1CCc2[nH]c3ccccc3c2C1)OCC1c2ccccc2-c2ccccc21. The molecule has 0 saturated heterocycles. The van der Waals surface area contributed by atoms with E-state index in [0.717, 1.165) is 19.3 Å². The standard InChI is InChI=1S/C27H24N2O2/c30-27(28-17-13-14-26-23(15-17)22-11-5-6-12-25(22)29-26)31-16-24-20-9-3-1-7-18(20)19-8-2-4-10-21(19)24/h1-12,17,24,29H,13-16H2,(H,28,30)/t17-/m0/s1. The second-order valence-corrected chi connectivity index (χ2v) is 8.54. The third kappa shape index (κ3) is 3.10. The number of H-pyrrole nitrogens is 1. The molecule has 1 atom stereocenters. The summed E-state index contributed by atoms with van der Waals surface area (Å²) in [5.74, 6) is 0.0877. The second-order valence-electron chi connectivity index (χ2n) is 8.54. The molecule has 3 aromatic carbocycles. The Bertz CT molecular complexity index is 1240. The number of benzene rings is 3. The summed E-state index contributed by atoms with van der Waals surface area (Å²) in [6, 6.07) is 25.3. The predicted octanol–water partition coefficient (Wildman–Crippen LogP) is 5.56. The predicted molar refractivity (Wildman–Crippen MR) is 122 cm³/mol. The summed E-state index contributed by atoms with van der Waals surface area (Å²) in [7, 11) is 0. The minimum Gasteiger partial charge on any atom is -0.449 e. The van der Waals surface area contributed by atoms with E-state index >= 15 is 0 Å². The maximum Gasteiger partial charge on any atom is 0.407 e. The van der Waals surface area contributed by atoms with Gasteiger partial charge in [-0.2, -0.15) is 0 Å². The quantitative estimate of drug-likeness (QED) is 0.466. The number of alkyl carbamates (subject to hydrolysis) is 1. The molecule has 0 radical (unpaired) electrons. The first-order valence-electron chi connectivity index (χ1n) is 11.0. The van der Waals surface area contributed by atoms with E-state index in [-0.39, 0.29) is 18.1 Å². The monoisotopic (exact) mass is 408 g/mol. The molecule has 4 nitrogen and oxygen atoms in total. The Hall–Kier alpha value is -3.53. The van der Waals surface area contributed by atoms with Gasteiger partial charge in [0, 0.05) is 28.6 Å². The molecule has 2 aliphatic carbocycles. The summed E-state index contributed by atoms with van der Waals surface area (Å²) in [4.78, 5) is 16.2. The van der Waals surface area contributed by atoms with Gasteiger partial charge in [-0.05, 0) is 53.1 Å². The lowest BCUT2D eigenvalue weighted by atomic mass is 9.91. The summed E-state index contributed by atoms with van der Waals surface area (Å²) in [6.07, 6.45) is 2.38. The molecule has 0 saturated carbocycles. The molecule has 0 unspecified atom stereocenters. The van der Waals surface area contributed by atoms with Gasteiger partial charge in [-0.25, -0.2) is 4.79 Å². The Morgan fingerprint density at radius 2 is 1.61 bits per heavy atom. The summed E-state index contributed by atoms with van der Waals surface area (Å²) in [5, 5.41) is 4.37. The molecule has 0 bridgehead atoms. The van der Waals surface area contributed by atoms with Crippen LogP contribution in [0.15, 0.2) is 72.8 Å². The Kier molecular flexibility index (Phi) is 4.30. The van der Waals surface area contributed by atoms with Crippen molar-refractivity contribution in [1.82, 2.24) is 10.3 Å². The van der Waals surface area contributed by atoms with E-state index < -0.39 is 0 Å². The number of para-hydroxylation sites is 1. The number of carbonyl (C=O) groups is 1. The first kappa shape index (κ1) is 18.3. The lowest BCUT2D eigenvalue weighted by Crippen LogP contribution is -2.39. The fourth-order valence-electron chi connectivity index (χ4n) is 5.30. The van der Waals surface area contributed by atoms with Gasteiger partial charge in [0.15, 0.2) is 0 Å². The number of aryl methyl sites for hydroxylation is 1. The highest BCUT2D eigenvalue weighted by Gasteiger charge is 2.30. The topological polar surface area (TPSA) is 54.1 Å². The lowest BCUT2D eigenvalue weighted by Gasteiger charge is -2.24. The van der Waals surface area contributed by atoms with Crippen LogP contribution < -0.4 is 5.32 Å². The van der Waals surface area contributed by atoms with Gasteiger partial charge < -0.3 is 15.0 Å². The molecule has 0 fully saturated rings. The average molecular weight is 409 g/mol. The lowest BCUT2D eigenvalue weighted by molar-refractivity contribution is 0.138. The van der Waals surface area contributed by atoms with Crippen molar-refractivity contribution in [3.05, 3.63) is 95.2 Å². The van der Waals surface area contributed by atoms with E-state index in [2.05, 4.69) is 83.1 Å². The van der Waals surface area contributed by atoms with Gasteiger partial charge in [0.1, 0.15) is 6.61 Å². The molecule has 6 rings (SSSR count). The number of hydrogen-bond acceptors (Lipinski definition) is 2. The molecular formula is C27H24N2O2. The number of amides is 1. The molecule has 1 aromatic heterocycles. The van der Waals surface area contributed by atoms with Crippen molar-refractivity contribution in [1.29, 1.82) is 0 Å². The van der Waals surface area contributed by atoms with Crippen molar-refractivity contribution in [3.8, 4) is 11.1 Å². The van der Waals surface area contributed by atoms with Crippen molar-refractivity contribution in [2.24, 2.45) is 0 Å². The number of aromatic nitrogens is 1. The molecule has 1 amide bonds.